The van der Waals surface area contributed by atoms with Gasteiger partial charge in [0, 0.05) is 13.1 Å². The predicted octanol–water partition coefficient (Wildman–Crippen LogP) is 1.89. The van der Waals surface area contributed by atoms with Crippen LogP contribution >= 0.6 is 0 Å². The van der Waals surface area contributed by atoms with Crippen LogP contribution in [0.3, 0.4) is 0 Å². The summed E-state index contributed by atoms with van der Waals surface area (Å²) in [5.41, 5.74) is -0.704. The van der Waals surface area contributed by atoms with E-state index in [2.05, 4.69) is 0 Å². The summed E-state index contributed by atoms with van der Waals surface area (Å²) in [5, 5.41) is 9.27. The first kappa shape index (κ1) is 15.1. The molecule has 0 spiro atoms. The molecule has 1 unspecified atom stereocenters. The summed E-state index contributed by atoms with van der Waals surface area (Å²) < 4.78 is 20.1. The summed E-state index contributed by atoms with van der Waals surface area (Å²) in [4.78, 5) is 25.8. The minimum absolute atomic E-state index is 0.145. The van der Waals surface area contributed by atoms with Gasteiger partial charge in [0.2, 0.25) is 0 Å². The highest BCUT2D eigenvalue weighted by Gasteiger charge is 2.28. The molecule has 0 amide bonds. The van der Waals surface area contributed by atoms with Crippen LogP contribution in [0.4, 0.5) is 10.2 Å². The molecule has 1 atom stereocenters. The summed E-state index contributed by atoms with van der Waals surface area (Å²) in [7, 11) is 1.79. The first-order valence-electron chi connectivity index (χ1n) is 7.05. The number of aromatic nitrogens is 1. The molecule has 1 aliphatic rings. The van der Waals surface area contributed by atoms with Crippen molar-refractivity contribution in [3.63, 3.8) is 0 Å². The van der Waals surface area contributed by atoms with Gasteiger partial charge in [0.05, 0.1) is 12.2 Å². The van der Waals surface area contributed by atoms with Crippen molar-refractivity contribution in [3.8, 4) is 11.4 Å². The maximum Gasteiger partial charge on any atom is 0.341 e. The van der Waals surface area contributed by atoms with Gasteiger partial charge in [-0.3, -0.25) is 9.36 Å². The maximum absolute atomic E-state index is 13.2. The van der Waals surface area contributed by atoms with Gasteiger partial charge in [0.25, 0.3) is 5.56 Å². The number of ether oxygens (including phenoxy) is 1. The fourth-order valence-electron chi connectivity index (χ4n) is 2.74. The highest BCUT2D eigenvalue weighted by Crippen LogP contribution is 2.33. The van der Waals surface area contributed by atoms with Crippen LogP contribution in [0.1, 0.15) is 17.3 Å². The Labute approximate surface area is 131 Å². The Kier molecular flexibility index (Phi) is 3.55. The molecule has 1 aromatic carbocycles. The lowest BCUT2D eigenvalue weighted by atomic mass is 10.2. The number of nitrogens with zero attached hydrogens (tertiary/aromatic N) is 2. The van der Waals surface area contributed by atoms with E-state index < -0.39 is 22.9 Å². The maximum atomic E-state index is 13.2. The van der Waals surface area contributed by atoms with Gasteiger partial charge in [0.1, 0.15) is 17.5 Å². The number of likely N-dealkylation sites (N-methyl/N-ethyl adjacent to an activating group) is 1. The number of fused-ring (bicyclic) bond motifs is 1. The van der Waals surface area contributed by atoms with Crippen LogP contribution in [0.25, 0.3) is 5.69 Å². The SMILES string of the molecule is CC1CN(C)c2c(cc(C(=O)O)c(=O)n2-c2ccc(F)cc2)O1. The van der Waals surface area contributed by atoms with E-state index in [1.54, 1.807) is 7.05 Å². The lowest BCUT2D eigenvalue weighted by Gasteiger charge is -2.34. The number of carbonyl (C=O) groups is 1. The van der Waals surface area contributed by atoms with Gasteiger partial charge < -0.3 is 14.7 Å². The molecule has 6 nitrogen and oxygen atoms in total. The number of carboxylic acids is 1. The average molecular weight is 318 g/mol. The molecule has 1 aliphatic heterocycles. The van der Waals surface area contributed by atoms with E-state index in [4.69, 9.17) is 4.74 Å². The lowest BCUT2D eigenvalue weighted by Crippen LogP contribution is -2.40. The van der Waals surface area contributed by atoms with Crippen molar-refractivity contribution in [2.75, 3.05) is 18.5 Å². The molecule has 0 saturated heterocycles. The summed E-state index contributed by atoms with van der Waals surface area (Å²) in [6.07, 6.45) is -0.145. The van der Waals surface area contributed by atoms with E-state index >= 15 is 0 Å². The molecule has 1 N–H and O–H groups in total. The Balaban J connectivity index is 2.34. The van der Waals surface area contributed by atoms with Crippen LogP contribution in [0.2, 0.25) is 0 Å². The van der Waals surface area contributed by atoms with Crippen molar-refractivity contribution < 1.29 is 19.0 Å². The van der Waals surface area contributed by atoms with Crippen LogP contribution in [0, 0.1) is 5.82 Å². The Morgan fingerprint density at radius 2 is 2.00 bits per heavy atom. The second-order valence-electron chi connectivity index (χ2n) is 5.48. The molecule has 2 heterocycles. The molecule has 0 radical (unpaired) electrons. The van der Waals surface area contributed by atoms with Crippen molar-refractivity contribution in [1.29, 1.82) is 0 Å². The third kappa shape index (κ3) is 2.54. The molecule has 1 aromatic heterocycles. The van der Waals surface area contributed by atoms with E-state index in [9.17, 15) is 19.1 Å². The highest BCUT2D eigenvalue weighted by atomic mass is 19.1. The number of hydrogen-bond acceptors (Lipinski definition) is 4. The van der Waals surface area contributed by atoms with E-state index in [0.717, 1.165) is 0 Å². The Morgan fingerprint density at radius 1 is 1.35 bits per heavy atom. The molecular formula is C16H15FN2O4. The van der Waals surface area contributed by atoms with Gasteiger partial charge >= 0.3 is 5.97 Å². The number of rotatable bonds is 2. The fraction of sp³-hybridized carbons (Fsp3) is 0.250. The molecule has 120 valence electrons. The zero-order chi connectivity index (χ0) is 16.7. The molecule has 2 aromatic rings. The number of benzene rings is 1. The first-order valence-corrected chi connectivity index (χ1v) is 7.05. The summed E-state index contributed by atoms with van der Waals surface area (Å²) in [5.74, 6) is -1.02. The van der Waals surface area contributed by atoms with Gasteiger partial charge in [-0.15, -0.1) is 0 Å². The van der Waals surface area contributed by atoms with E-state index in [1.807, 2.05) is 11.8 Å². The van der Waals surface area contributed by atoms with Crippen LogP contribution in [-0.4, -0.2) is 35.3 Å². The second kappa shape index (κ2) is 5.42. The standard InChI is InChI=1S/C16H15FN2O4/c1-9-8-18(2)14-13(23-9)7-12(16(21)22)15(20)19(14)11-5-3-10(17)4-6-11/h3-7,9H,8H2,1-2H3,(H,21,22). The Bertz CT molecular complexity index is 829. The molecule has 0 aliphatic carbocycles. The summed E-state index contributed by atoms with van der Waals surface area (Å²) >= 11 is 0. The predicted molar refractivity (Wildman–Crippen MR) is 82.3 cm³/mol. The van der Waals surface area contributed by atoms with Gasteiger partial charge in [-0.1, -0.05) is 0 Å². The number of carboxylic acid groups (broad SMARTS) is 1. The van der Waals surface area contributed by atoms with Crippen molar-refractivity contribution in [3.05, 3.63) is 52.1 Å². The van der Waals surface area contributed by atoms with E-state index in [1.165, 1.54) is 34.9 Å². The topological polar surface area (TPSA) is 71.8 Å². The quantitative estimate of drug-likeness (QED) is 0.915. The van der Waals surface area contributed by atoms with Gasteiger partial charge in [-0.2, -0.15) is 0 Å². The number of pyridine rings is 1. The van der Waals surface area contributed by atoms with Crippen molar-refractivity contribution in [2.45, 2.75) is 13.0 Å². The van der Waals surface area contributed by atoms with Crippen LogP contribution < -0.4 is 15.2 Å². The number of aromatic carboxylic acids is 1. The van der Waals surface area contributed by atoms with Crippen molar-refractivity contribution in [2.24, 2.45) is 0 Å². The van der Waals surface area contributed by atoms with Gasteiger partial charge in [0.15, 0.2) is 11.6 Å². The Morgan fingerprint density at radius 3 is 2.61 bits per heavy atom. The number of halogens is 1. The monoisotopic (exact) mass is 318 g/mol. The van der Waals surface area contributed by atoms with Crippen LogP contribution in [0.15, 0.2) is 35.1 Å². The lowest BCUT2D eigenvalue weighted by molar-refractivity contribution is 0.0693. The molecule has 23 heavy (non-hydrogen) atoms. The number of anilines is 1. The summed E-state index contributed by atoms with van der Waals surface area (Å²) in [6, 6.07) is 6.52. The van der Waals surface area contributed by atoms with Crippen LogP contribution in [-0.2, 0) is 0 Å². The molecule has 7 heteroatoms. The van der Waals surface area contributed by atoms with Crippen molar-refractivity contribution in [1.82, 2.24) is 4.57 Å². The fourth-order valence-corrected chi connectivity index (χ4v) is 2.74. The van der Waals surface area contributed by atoms with Gasteiger partial charge in [-0.25, -0.2) is 9.18 Å². The van der Waals surface area contributed by atoms with E-state index in [-0.39, 0.29) is 6.10 Å². The smallest absolute Gasteiger partial charge is 0.341 e. The zero-order valence-electron chi connectivity index (χ0n) is 12.6. The molecular weight excluding hydrogens is 303 g/mol. The largest absolute Gasteiger partial charge is 0.485 e. The molecule has 0 saturated carbocycles. The molecule has 3 rings (SSSR count). The second-order valence-corrected chi connectivity index (χ2v) is 5.48. The van der Waals surface area contributed by atoms with Crippen molar-refractivity contribution >= 4 is 11.8 Å². The normalized spacial score (nSPS) is 16.7. The minimum Gasteiger partial charge on any atom is -0.485 e. The first-order chi connectivity index (χ1) is 10.9. The summed E-state index contributed by atoms with van der Waals surface area (Å²) in [6.45, 7) is 2.40. The Hall–Kier alpha value is -2.83. The number of hydrogen-bond donors (Lipinski definition) is 1. The molecule has 0 bridgehead atoms. The van der Waals surface area contributed by atoms with Crippen LogP contribution in [0.5, 0.6) is 5.75 Å². The average Bonchev–Trinajstić information content (AvgIpc) is 2.48. The zero-order valence-corrected chi connectivity index (χ0v) is 12.6. The highest BCUT2D eigenvalue weighted by molar-refractivity contribution is 5.88. The van der Waals surface area contributed by atoms with Gasteiger partial charge in [-0.05, 0) is 31.2 Å². The van der Waals surface area contributed by atoms with E-state index in [0.29, 0.717) is 23.8 Å². The molecule has 0 fully saturated rings. The third-order valence-corrected chi connectivity index (χ3v) is 3.68. The minimum atomic E-state index is -1.34. The third-order valence-electron chi connectivity index (χ3n) is 3.68.